The average Bonchev–Trinajstić information content (AvgIpc) is 2.74. The van der Waals surface area contributed by atoms with Crippen molar-refractivity contribution in [2.24, 2.45) is 5.10 Å². The van der Waals surface area contributed by atoms with Crippen LogP contribution in [0.2, 0.25) is 0 Å². The Morgan fingerprint density at radius 2 is 1.61 bits per heavy atom. The van der Waals surface area contributed by atoms with Crippen molar-refractivity contribution in [2.75, 3.05) is 6.54 Å². The van der Waals surface area contributed by atoms with Gasteiger partial charge in [0.2, 0.25) is 10.0 Å². The second-order valence-corrected chi connectivity index (χ2v) is 9.71. The number of halogens is 1. The van der Waals surface area contributed by atoms with Crippen LogP contribution in [-0.4, -0.2) is 31.4 Å². The van der Waals surface area contributed by atoms with Gasteiger partial charge in [-0.2, -0.15) is 9.41 Å². The van der Waals surface area contributed by atoms with Crippen LogP contribution in [0.25, 0.3) is 0 Å². The number of aryl methyl sites for hydroxylation is 3. The zero-order valence-electron chi connectivity index (χ0n) is 18.7. The van der Waals surface area contributed by atoms with Crippen LogP contribution >= 0.6 is 0 Å². The third kappa shape index (κ3) is 6.34. The maximum atomic E-state index is 13.6. The van der Waals surface area contributed by atoms with Crippen molar-refractivity contribution < 1.29 is 17.6 Å². The molecule has 1 amide bonds. The molecular weight excluding hydrogens is 441 g/mol. The second kappa shape index (κ2) is 10.5. The number of hydrogen-bond acceptors (Lipinski definition) is 4. The average molecular weight is 468 g/mol. The van der Waals surface area contributed by atoms with Crippen LogP contribution in [-0.2, 0) is 21.4 Å². The van der Waals surface area contributed by atoms with E-state index in [9.17, 15) is 17.6 Å². The van der Waals surface area contributed by atoms with E-state index in [4.69, 9.17) is 0 Å². The Morgan fingerprint density at radius 1 is 1.00 bits per heavy atom. The minimum atomic E-state index is -3.98. The Hall–Kier alpha value is -3.36. The summed E-state index contributed by atoms with van der Waals surface area (Å²) >= 11 is 0. The van der Waals surface area contributed by atoms with E-state index in [0.717, 1.165) is 15.4 Å². The van der Waals surface area contributed by atoms with E-state index in [1.54, 1.807) is 13.8 Å². The summed E-state index contributed by atoms with van der Waals surface area (Å²) in [7, 11) is -3.98. The molecule has 3 aromatic carbocycles. The number of carbonyl (C=O) groups excluding carboxylic acids is 1. The molecule has 33 heavy (non-hydrogen) atoms. The number of nitrogens with zero attached hydrogens (tertiary/aromatic N) is 2. The van der Waals surface area contributed by atoms with Crippen LogP contribution in [0, 0.1) is 26.6 Å². The third-order valence-electron chi connectivity index (χ3n) is 5.00. The molecule has 1 N–H and O–H groups in total. The van der Waals surface area contributed by atoms with Gasteiger partial charge in [0.25, 0.3) is 5.91 Å². The standard InChI is InChI=1S/C25H26FN3O3S/c1-18-13-19(2)25(20(3)14-18)33(31,32)29(16-22-7-5-4-6-8-22)17-24(30)28-27-15-21-9-11-23(26)12-10-21/h4-15H,16-17H2,1-3H3,(H,28,30)/b27-15-. The number of amides is 1. The van der Waals surface area contributed by atoms with Crippen LogP contribution < -0.4 is 5.43 Å². The predicted octanol–water partition coefficient (Wildman–Crippen LogP) is 4.09. The first-order chi connectivity index (χ1) is 15.7. The van der Waals surface area contributed by atoms with Gasteiger partial charge in [0.15, 0.2) is 0 Å². The Morgan fingerprint density at radius 3 is 2.21 bits per heavy atom. The molecular formula is C25H26FN3O3S. The van der Waals surface area contributed by atoms with Crippen molar-refractivity contribution in [2.45, 2.75) is 32.2 Å². The zero-order chi connectivity index (χ0) is 24.0. The van der Waals surface area contributed by atoms with Crippen LogP contribution in [0.15, 0.2) is 76.7 Å². The summed E-state index contributed by atoms with van der Waals surface area (Å²) < 4.78 is 41.4. The molecule has 172 valence electrons. The lowest BCUT2D eigenvalue weighted by Gasteiger charge is -2.24. The smallest absolute Gasteiger partial charge is 0.255 e. The maximum Gasteiger partial charge on any atom is 0.255 e. The summed E-state index contributed by atoms with van der Waals surface area (Å²) in [5.74, 6) is -0.963. The zero-order valence-corrected chi connectivity index (χ0v) is 19.6. The van der Waals surface area contributed by atoms with Gasteiger partial charge in [0.05, 0.1) is 17.7 Å². The van der Waals surface area contributed by atoms with E-state index in [2.05, 4.69) is 10.5 Å². The normalized spacial score (nSPS) is 11.8. The minimum absolute atomic E-state index is 0.0328. The molecule has 0 aliphatic carbocycles. The molecule has 3 rings (SSSR count). The minimum Gasteiger partial charge on any atom is -0.272 e. The molecule has 0 aliphatic heterocycles. The van der Waals surface area contributed by atoms with E-state index in [1.807, 2.05) is 49.4 Å². The molecule has 0 fully saturated rings. The van der Waals surface area contributed by atoms with Gasteiger partial charge in [-0.1, -0.05) is 60.2 Å². The van der Waals surface area contributed by atoms with Crippen molar-refractivity contribution in [1.29, 1.82) is 0 Å². The molecule has 8 heteroatoms. The van der Waals surface area contributed by atoms with Gasteiger partial charge in [0.1, 0.15) is 5.82 Å². The lowest BCUT2D eigenvalue weighted by atomic mass is 10.1. The van der Waals surface area contributed by atoms with Crippen LogP contribution in [0.1, 0.15) is 27.8 Å². The first kappa shape index (κ1) is 24.3. The number of rotatable bonds is 8. The fourth-order valence-corrected chi connectivity index (χ4v) is 5.43. The summed E-state index contributed by atoms with van der Waals surface area (Å²) in [6.07, 6.45) is 1.36. The second-order valence-electron chi connectivity index (χ2n) is 7.83. The molecule has 6 nitrogen and oxygen atoms in total. The van der Waals surface area contributed by atoms with Crippen molar-refractivity contribution in [3.05, 3.63) is 100 Å². The van der Waals surface area contributed by atoms with Gasteiger partial charge in [-0.25, -0.2) is 18.2 Å². The Bertz CT molecular complexity index is 1230. The van der Waals surface area contributed by atoms with Gasteiger partial charge in [-0.3, -0.25) is 4.79 Å². The molecule has 0 aliphatic rings. The van der Waals surface area contributed by atoms with Crippen LogP contribution in [0.3, 0.4) is 0 Å². The number of hydrogen-bond donors (Lipinski definition) is 1. The van der Waals surface area contributed by atoms with Gasteiger partial charge in [-0.15, -0.1) is 0 Å². The highest BCUT2D eigenvalue weighted by molar-refractivity contribution is 7.89. The van der Waals surface area contributed by atoms with E-state index in [1.165, 1.54) is 30.5 Å². The first-order valence-electron chi connectivity index (χ1n) is 10.4. The third-order valence-corrected chi connectivity index (χ3v) is 7.10. The number of nitrogens with one attached hydrogen (secondary N) is 1. The topological polar surface area (TPSA) is 78.8 Å². The van der Waals surface area contributed by atoms with Crippen molar-refractivity contribution in [3.8, 4) is 0 Å². The number of carbonyl (C=O) groups is 1. The Labute approximate surface area is 193 Å². The highest BCUT2D eigenvalue weighted by Gasteiger charge is 2.29. The van der Waals surface area contributed by atoms with Crippen molar-refractivity contribution in [1.82, 2.24) is 9.73 Å². The van der Waals surface area contributed by atoms with Crippen LogP contribution in [0.5, 0.6) is 0 Å². The molecule has 0 saturated carbocycles. The monoisotopic (exact) mass is 467 g/mol. The molecule has 0 unspecified atom stereocenters. The summed E-state index contributed by atoms with van der Waals surface area (Å²) in [4.78, 5) is 12.8. The highest BCUT2D eigenvalue weighted by atomic mass is 32.2. The van der Waals surface area contributed by atoms with Gasteiger partial charge in [-0.05, 0) is 55.2 Å². The quantitative estimate of drug-likeness (QED) is 0.400. The molecule has 0 heterocycles. The summed E-state index contributed by atoms with van der Waals surface area (Å²) in [6, 6.07) is 18.3. The molecule has 3 aromatic rings. The molecule has 0 bridgehead atoms. The van der Waals surface area contributed by atoms with Gasteiger partial charge < -0.3 is 0 Å². The van der Waals surface area contributed by atoms with E-state index in [-0.39, 0.29) is 17.3 Å². The lowest BCUT2D eigenvalue weighted by molar-refractivity contribution is -0.121. The number of sulfonamides is 1. The van der Waals surface area contributed by atoms with E-state index < -0.39 is 22.5 Å². The SMILES string of the molecule is Cc1cc(C)c(S(=O)(=O)N(CC(=O)N/N=C\c2ccc(F)cc2)Cc2ccccc2)c(C)c1. The largest absolute Gasteiger partial charge is 0.272 e. The summed E-state index contributed by atoms with van der Waals surface area (Å²) in [6.45, 7) is 5.03. The Balaban J connectivity index is 1.85. The van der Waals surface area contributed by atoms with E-state index >= 15 is 0 Å². The predicted molar refractivity (Wildman–Crippen MR) is 127 cm³/mol. The van der Waals surface area contributed by atoms with Crippen molar-refractivity contribution in [3.63, 3.8) is 0 Å². The summed E-state index contributed by atoms with van der Waals surface area (Å²) in [5, 5.41) is 3.86. The van der Waals surface area contributed by atoms with Crippen LogP contribution in [0.4, 0.5) is 4.39 Å². The molecule has 0 saturated heterocycles. The Kier molecular flexibility index (Phi) is 7.73. The molecule has 0 radical (unpaired) electrons. The number of benzene rings is 3. The fourth-order valence-electron chi connectivity index (χ4n) is 3.64. The molecule has 0 atom stereocenters. The fraction of sp³-hybridized carbons (Fsp3) is 0.200. The van der Waals surface area contributed by atoms with Gasteiger partial charge >= 0.3 is 0 Å². The number of hydrazone groups is 1. The first-order valence-corrected chi connectivity index (χ1v) is 11.8. The lowest BCUT2D eigenvalue weighted by Crippen LogP contribution is -2.39. The highest BCUT2D eigenvalue weighted by Crippen LogP contribution is 2.26. The van der Waals surface area contributed by atoms with Crippen molar-refractivity contribution >= 4 is 22.1 Å². The molecule has 0 spiro atoms. The van der Waals surface area contributed by atoms with Gasteiger partial charge in [0, 0.05) is 6.54 Å². The summed E-state index contributed by atoms with van der Waals surface area (Å²) in [5.41, 5.74) is 5.92. The maximum absolute atomic E-state index is 13.6. The molecule has 0 aromatic heterocycles. The van der Waals surface area contributed by atoms with E-state index in [0.29, 0.717) is 16.7 Å².